The van der Waals surface area contributed by atoms with E-state index in [1.54, 1.807) is 41.5 Å². The van der Waals surface area contributed by atoms with Crippen LogP contribution in [-0.4, -0.2) is 125 Å². The van der Waals surface area contributed by atoms with E-state index >= 15 is 0 Å². The van der Waals surface area contributed by atoms with Gasteiger partial charge in [-0.25, -0.2) is 4.79 Å². The van der Waals surface area contributed by atoms with Crippen molar-refractivity contribution in [2.75, 3.05) is 13.1 Å². The fourth-order valence-electron chi connectivity index (χ4n) is 5.36. The number of aliphatic carboxylic acids is 1. The van der Waals surface area contributed by atoms with Crippen LogP contribution in [0, 0.1) is 23.7 Å². The van der Waals surface area contributed by atoms with Gasteiger partial charge in [-0.05, 0) is 50.9 Å². The fourth-order valence-corrected chi connectivity index (χ4v) is 5.36. The van der Waals surface area contributed by atoms with E-state index in [0.717, 1.165) is 6.42 Å². The number of nitrogens with one attached hydrogen (secondary N) is 8. The summed E-state index contributed by atoms with van der Waals surface area (Å²) in [5.41, 5.74) is 6.01. The molecule has 10 atom stereocenters. The minimum atomic E-state index is -1.55. The molecule has 0 radical (unpaired) electrons. The van der Waals surface area contributed by atoms with E-state index in [2.05, 4.69) is 42.5 Å². The molecule has 0 aromatic rings. The molecule has 12 N–H and O–H groups in total. The molecule has 8 amide bonds. The van der Waals surface area contributed by atoms with Crippen LogP contribution in [-0.2, 0) is 43.2 Å². The lowest BCUT2D eigenvalue weighted by molar-refractivity contribution is -0.144. The minimum absolute atomic E-state index is 0.0338. The van der Waals surface area contributed by atoms with Crippen LogP contribution in [0.2, 0.25) is 0 Å². The maximum absolute atomic E-state index is 13.6. The van der Waals surface area contributed by atoms with E-state index in [1.165, 1.54) is 20.8 Å². The second-order valence-electron chi connectivity index (χ2n) is 15.7. The van der Waals surface area contributed by atoms with Gasteiger partial charge in [0.25, 0.3) is 0 Å². The number of carboxylic acid groups (broad SMARTS) is 1. The molecule has 0 spiro atoms. The van der Waals surface area contributed by atoms with Crippen LogP contribution >= 0.6 is 0 Å². The number of hydrogen-bond acceptors (Lipinski definition) is 11. The number of carbonyl (C=O) groups is 9. The normalized spacial score (nSPS) is 16.4. The van der Waals surface area contributed by atoms with Crippen molar-refractivity contribution in [2.24, 2.45) is 29.4 Å². The number of rotatable bonds is 26. The predicted molar refractivity (Wildman–Crippen MR) is 214 cm³/mol. The Morgan fingerprint density at radius 1 is 0.534 bits per heavy atom. The number of amides is 8. The van der Waals surface area contributed by atoms with Crippen molar-refractivity contribution >= 4 is 53.2 Å². The van der Waals surface area contributed by atoms with Crippen LogP contribution in [0.5, 0.6) is 0 Å². The molecule has 0 unspecified atom stereocenters. The first kappa shape index (κ1) is 53.1. The fraction of sp³-hybridized carbons (Fsp3) is 0.763. The summed E-state index contributed by atoms with van der Waals surface area (Å²) < 4.78 is 0. The third-order valence-corrected chi connectivity index (χ3v) is 9.63. The highest BCUT2D eigenvalue weighted by atomic mass is 16.4. The van der Waals surface area contributed by atoms with Crippen molar-refractivity contribution < 1.29 is 53.4 Å². The van der Waals surface area contributed by atoms with Gasteiger partial charge in [0.2, 0.25) is 47.3 Å². The van der Waals surface area contributed by atoms with Gasteiger partial charge in [0.15, 0.2) is 0 Å². The zero-order valence-electron chi connectivity index (χ0n) is 35.8. The molecule has 0 aliphatic carbocycles. The molecule has 0 saturated carbocycles. The first-order valence-electron chi connectivity index (χ1n) is 19.9. The van der Waals surface area contributed by atoms with Crippen molar-refractivity contribution in [3.05, 3.63) is 0 Å². The Labute approximate surface area is 341 Å². The SMILES string of the molecule is CC[C@H](C)[C@H](N)CC(=O)N[C@@H](C)C(=O)N[C@@H](C)C(=O)NCC(=O)NCC(=O)N[C@H](C(=O)N[C@@H](CC(C)C)C(=O)N[C@H](C(=O)N[C@H](C(=O)O)C(C)C)[C@@H](C)O)[C@@H](C)CC. The molecule has 0 aliphatic heterocycles. The van der Waals surface area contributed by atoms with Gasteiger partial charge in [0.05, 0.1) is 19.2 Å². The van der Waals surface area contributed by atoms with Gasteiger partial charge in [-0.2, -0.15) is 0 Å². The third kappa shape index (κ3) is 19.5. The Morgan fingerprint density at radius 2 is 1.05 bits per heavy atom. The Kier molecular flexibility index (Phi) is 24.0. The average Bonchev–Trinajstić information content (AvgIpc) is 3.13. The summed E-state index contributed by atoms with van der Waals surface area (Å²) in [6.07, 6.45) is -0.0771. The van der Waals surface area contributed by atoms with E-state index in [0.29, 0.717) is 6.42 Å². The minimum Gasteiger partial charge on any atom is -0.480 e. The van der Waals surface area contributed by atoms with Gasteiger partial charge in [0, 0.05) is 12.5 Å². The van der Waals surface area contributed by atoms with Gasteiger partial charge in [0.1, 0.15) is 36.3 Å². The molecular weight excluding hydrogens is 758 g/mol. The summed E-state index contributed by atoms with van der Waals surface area (Å²) >= 11 is 0. The molecule has 332 valence electrons. The quantitative estimate of drug-likeness (QED) is 0.0458. The Bertz CT molecular complexity index is 1430. The summed E-state index contributed by atoms with van der Waals surface area (Å²) in [6.45, 7) is 17.0. The van der Waals surface area contributed by atoms with E-state index in [4.69, 9.17) is 5.73 Å². The zero-order valence-corrected chi connectivity index (χ0v) is 35.8. The summed E-state index contributed by atoms with van der Waals surface area (Å²) in [5, 5.41) is 39.4. The molecule has 58 heavy (non-hydrogen) atoms. The number of carbonyl (C=O) groups excluding carboxylic acids is 8. The molecule has 0 aliphatic rings. The third-order valence-electron chi connectivity index (χ3n) is 9.63. The smallest absolute Gasteiger partial charge is 0.326 e. The van der Waals surface area contributed by atoms with E-state index in [9.17, 15) is 53.4 Å². The Balaban J connectivity index is 5.37. The molecule has 0 saturated heterocycles. The lowest BCUT2D eigenvalue weighted by Crippen LogP contribution is -2.61. The van der Waals surface area contributed by atoms with Crippen LogP contribution in [0.25, 0.3) is 0 Å². The van der Waals surface area contributed by atoms with E-state index < -0.39 is 121 Å². The highest BCUT2D eigenvalue weighted by Gasteiger charge is 2.35. The molecule has 0 heterocycles. The van der Waals surface area contributed by atoms with Crippen molar-refractivity contribution in [3.63, 3.8) is 0 Å². The van der Waals surface area contributed by atoms with Crippen molar-refractivity contribution in [1.29, 1.82) is 0 Å². The Morgan fingerprint density at radius 3 is 1.55 bits per heavy atom. The molecule has 20 nitrogen and oxygen atoms in total. The van der Waals surface area contributed by atoms with Gasteiger partial charge < -0.3 is 58.5 Å². The number of hydrogen-bond donors (Lipinski definition) is 11. The summed E-state index contributed by atoms with van der Waals surface area (Å²) in [7, 11) is 0. The van der Waals surface area contributed by atoms with Gasteiger partial charge >= 0.3 is 5.97 Å². The topological polar surface area (TPSA) is 316 Å². The summed E-state index contributed by atoms with van der Waals surface area (Å²) in [6, 6.07) is -7.63. The number of carboxylic acids is 1. The lowest BCUT2D eigenvalue weighted by atomic mass is 9.96. The first-order chi connectivity index (χ1) is 26.9. The summed E-state index contributed by atoms with van der Waals surface area (Å²) in [4.78, 5) is 114. The second-order valence-corrected chi connectivity index (χ2v) is 15.7. The molecule has 0 aromatic carbocycles. The highest BCUT2D eigenvalue weighted by Crippen LogP contribution is 2.12. The molecule has 0 rings (SSSR count). The van der Waals surface area contributed by atoms with E-state index in [-0.39, 0.29) is 30.7 Å². The van der Waals surface area contributed by atoms with Crippen LogP contribution in [0.3, 0.4) is 0 Å². The summed E-state index contributed by atoms with van der Waals surface area (Å²) in [5.74, 6) is -8.01. The number of nitrogens with two attached hydrogens (primary N) is 1. The van der Waals surface area contributed by atoms with Crippen LogP contribution in [0.4, 0.5) is 0 Å². The number of aliphatic hydroxyl groups is 1. The first-order valence-corrected chi connectivity index (χ1v) is 19.9. The van der Waals surface area contributed by atoms with Gasteiger partial charge in [-0.3, -0.25) is 38.4 Å². The molecule has 0 bridgehead atoms. The lowest BCUT2D eigenvalue weighted by Gasteiger charge is -2.29. The van der Waals surface area contributed by atoms with Crippen LogP contribution in [0.1, 0.15) is 102 Å². The molecule has 0 fully saturated rings. The second kappa shape index (κ2) is 26.2. The maximum Gasteiger partial charge on any atom is 0.326 e. The largest absolute Gasteiger partial charge is 0.480 e. The van der Waals surface area contributed by atoms with Crippen molar-refractivity contribution in [2.45, 2.75) is 150 Å². The van der Waals surface area contributed by atoms with Crippen LogP contribution < -0.4 is 48.3 Å². The molecule has 0 aromatic heterocycles. The molecule has 20 heteroatoms. The van der Waals surface area contributed by atoms with E-state index in [1.807, 2.05) is 13.8 Å². The number of aliphatic hydroxyl groups excluding tert-OH is 1. The van der Waals surface area contributed by atoms with Gasteiger partial charge in [-0.1, -0.05) is 68.2 Å². The Hall–Kier alpha value is -4.85. The zero-order chi connectivity index (χ0) is 45.0. The van der Waals surface area contributed by atoms with Gasteiger partial charge in [-0.15, -0.1) is 0 Å². The highest BCUT2D eigenvalue weighted by molar-refractivity contribution is 5.96. The maximum atomic E-state index is 13.6. The monoisotopic (exact) mass is 828 g/mol. The average molecular weight is 828 g/mol. The van der Waals surface area contributed by atoms with Crippen LogP contribution in [0.15, 0.2) is 0 Å². The predicted octanol–water partition coefficient (Wildman–Crippen LogP) is -1.86. The standard InChI is InChI=1S/C38H69N9O11/c1-12-20(7)25(39)15-27(49)42-23(10)34(53)43-22(9)33(52)41-16-28(50)40-17-29(51)45-31(21(8)13-2)36(55)44-26(14-18(3)4)35(54)47-32(24(11)48)37(56)46-30(19(5)6)38(57)58/h18-26,30-32,48H,12-17,39H2,1-11H3,(H,40,50)(H,41,52)(H,42,49)(H,43,53)(H,44,55)(H,45,51)(H,46,56)(H,47,54)(H,57,58)/t20-,21-,22-,23-,24+,25+,26-,30-,31-,32-/m0/s1. The van der Waals surface area contributed by atoms with Crippen molar-refractivity contribution in [1.82, 2.24) is 42.5 Å². The van der Waals surface area contributed by atoms with Crippen molar-refractivity contribution in [3.8, 4) is 0 Å². The molecular formula is C38H69N9O11.